The van der Waals surface area contributed by atoms with Gasteiger partial charge in [0.05, 0.1) is 11.1 Å². The Hall–Kier alpha value is -2.59. The number of hydrogen-bond acceptors (Lipinski definition) is 3. The molecule has 0 heterocycles. The van der Waals surface area contributed by atoms with Gasteiger partial charge in [-0.15, -0.1) is 0 Å². The van der Waals surface area contributed by atoms with E-state index in [1.165, 1.54) is 5.56 Å². The Morgan fingerprint density at radius 2 is 1.60 bits per heavy atom. The summed E-state index contributed by atoms with van der Waals surface area (Å²) in [5.41, 5.74) is 3.56. The van der Waals surface area contributed by atoms with Gasteiger partial charge in [-0.05, 0) is 68.7 Å². The lowest BCUT2D eigenvalue weighted by atomic mass is 9.87. The molecule has 0 bridgehead atoms. The van der Waals surface area contributed by atoms with Crippen LogP contribution in [0.15, 0.2) is 77.3 Å². The van der Waals surface area contributed by atoms with Gasteiger partial charge in [0.1, 0.15) is 11.5 Å². The van der Waals surface area contributed by atoms with Crippen molar-refractivity contribution in [3.05, 3.63) is 82.8 Å². The highest BCUT2D eigenvalue weighted by Gasteiger charge is 2.13. The molecule has 0 aliphatic rings. The van der Waals surface area contributed by atoms with E-state index in [0.29, 0.717) is 25.2 Å². The summed E-state index contributed by atoms with van der Waals surface area (Å²) in [6, 6.07) is 23.9. The summed E-state index contributed by atoms with van der Waals surface area (Å²) in [5.74, 6) is 1.07. The van der Waals surface area contributed by atoms with E-state index in [1.807, 2.05) is 60.7 Å². The third kappa shape index (κ3) is 6.20. The average molecular weight is 467 g/mol. The summed E-state index contributed by atoms with van der Waals surface area (Å²) >= 11 is 3.50. The van der Waals surface area contributed by atoms with E-state index in [-0.39, 0.29) is 11.4 Å². The summed E-state index contributed by atoms with van der Waals surface area (Å²) in [5, 5.41) is 0. The van der Waals surface area contributed by atoms with Gasteiger partial charge in [0, 0.05) is 6.42 Å². The van der Waals surface area contributed by atoms with Crippen LogP contribution in [-0.2, 0) is 10.2 Å². The quantitative estimate of drug-likeness (QED) is 0.210. The first kappa shape index (κ1) is 22.1. The first-order valence-electron chi connectivity index (χ1n) is 10.1. The Kier molecular flexibility index (Phi) is 7.33. The van der Waals surface area contributed by atoms with Crippen molar-refractivity contribution in [2.24, 2.45) is 0 Å². The molecule has 30 heavy (non-hydrogen) atoms. The molecular formula is C26H27BrO3. The van der Waals surface area contributed by atoms with Crippen LogP contribution in [0.5, 0.6) is 11.5 Å². The molecule has 3 aromatic rings. The molecule has 4 heteroatoms. The highest BCUT2D eigenvalue weighted by molar-refractivity contribution is 9.10. The molecule has 0 aliphatic carbocycles. The topological polar surface area (TPSA) is 35.5 Å². The maximum absolute atomic E-state index is 12.2. The number of benzene rings is 3. The van der Waals surface area contributed by atoms with Crippen LogP contribution in [0.4, 0.5) is 0 Å². The highest BCUT2D eigenvalue weighted by Crippen LogP contribution is 2.31. The van der Waals surface area contributed by atoms with Crippen molar-refractivity contribution in [1.82, 2.24) is 0 Å². The monoisotopic (exact) mass is 466 g/mol. The van der Waals surface area contributed by atoms with E-state index in [4.69, 9.17) is 9.47 Å². The average Bonchev–Trinajstić information content (AvgIpc) is 2.73. The largest absolute Gasteiger partial charge is 0.494 e. The van der Waals surface area contributed by atoms with Gasteiger partial charge in [-0.25, -0.2) is 0 Å². The molecule has 0 spiro atoms. The minimum Gasteiger partial charge on any atom is -0.494 e. The Bertz CT molecular complexity index is 973. The second-order valence-electron chi connectivity index (χ2n) is 8.21. The van der Waals surface area contributed by atoms with Crippen LogP contribution in [0.25, 0.3) is 11.1 Å². The number of ether oxygens (including phenoxy) is 2. The van der Waals surface area contributed by atoms with Crippen molar-refractivity contribution < 1.29 is 14.3 Å². The van der Waals surface area contributed by atoms with Gasteiger partial charge in [0.2, 0.25) is 0 Å². The van der Waals surface area contributed by atoms with Crippen molar-refractivity contribution in [2.75, 3.05) is 6.61 Å². The molecule has 0 fully saturated rings. The molecule has 0 unspecified atom stereocenters. The standard InChI is InChI=1S/C26H27BrO3/c1-26(2,3)21-12-14-22(15-13-21)29-17-7-10-25(28)30-24-16-11-20(18-23(24)27)19-8-5-4-6-9-19/h4-6,8-9,11-16,18H,7,10,17H2,1-3H3. The van der Waals surface area contributed by atoms with Crippen LogP contribution >= 0.6 is 15.9 Å². The minimum atomic E-state index is -0.269. The molecule has 0 saturated heterocycles. The Balaban J connectivity index is 1.46. The third-order valence-electron chi connectivity index (χ3n) is 4.78. The van der Waals surface area contributed by atoms with Crippen molar-refractivity contribution >= 4 is 21.9 Å². The molecule has 0 radical (unpaired) electrons. The van der Waals surface area contributed by atoms with E-state index >= 15 is 0 Å². The zero-order valence-corrected chi connectivity index (χ0v) is 19.2. The lowest BCUT2D eigenvalue weighted by Crippen LogP contribution is -2.11. The fourth-order valence-electron chi connectivity index (χ4n) is 3.03. The lowest BCUT2D eigenvalue weighted by molar-refractivity contribution is -0.134. The predicted octanol–water partition coefficient (Wildman–Crippen LogP) is 7.18. The predicted molar refractivity (Wildman–Crippen MR) is 125 cm³/mol. The van der Waals surface area contributed by atoms with E-state index in [9.17, 15) is 4.79 Å². The van der Waals surface area contributed by atoms with Gasteiger partial charge in [-0.3, -0.25) is 4.79 Å². The summed E-state index contributed by atoms with van der Waals surface area (Å²) in [6.45, 7) is 7.02. The van der Waals surface area contributed by atoms with E-state index in [2.05, 4.69) is 48.8 Å². The molecule has 3 rings (SSSR count). The Morgan fingerprint density at radius 3 is 2.23 bits per heavy atom. The second-order valence-corrected chi connectivity index (χ2v) is 9.07. The smallest absolute Gasteiger partial charge is 0.311 e. The first-order valence-corrected chi connectivity index (χ1v) is 10.9. The van der Waals surface area contributed by atoms with Crippen LogP contribution in [-0.4, -0.2) is 12.6 Å². The summed E-state index contributed by atoms with van der Waals surface area (Å²) < 4.78 is 12.0. The van der Waals surface area contributed by atoms with Gasteiger partial charge in [-0.2, -0.15) is 0 Å². The third-order valence-corrected chi connectivity index (χ3v) is 5.40. The van der Waals surface area contributed by atoms with E-state index in [1.54, 1.807) is 0 Å². The Labute approximate surface area is 187 Å². The SMILES string of the molecule is CC(C)(C)c1ccc(OCCCC(=O)Oc2ccc(-c3ccccc3)cc2Br)cc1. The number of rotatable bonds is 7. The van der Waals surface area contributed by atoms with Gasteiger partial charge in [-0.1, -0.05) is 69.3 Å². The zero-order valence-electron chi connectivity index (χ0n) is 17.7. The van der Waals surface area contributed by atoms with Crippen LogP contribution in [0.1, 0.15) is 39.2 Å². The highest BCUT2D eigenvalue weighted by atomic mass is 79.9. The minimum absolute atomic E-state index is 0.121. The molecule has 0 atom stereocenters. The molecule has 0 aliphatic heterocycles. The summed E-state index contributed by atoms with van der Waals surface area (Å²) in [7, 11) is 0. The second kappa shape index (κ2) is 9.94. The molecule has 0 amide bonds. The van der Waals surface area contributed by atoms with Crippen LogP contribution in [0.3, 0.4) is 0 Å². The van der Waals surface area contributed by atoms with Gasteiger partial charge < -0.3 is 9.47 Å². The molecule has 0 N–H and O–H groups in total. The fraction of sp³-hybridized carbons (Fsp3) is 0.269. The van der Waals surface area contributed by atoms with Gasteiger partial charge in [0.25, 0.3) is 0 Å². The number of esters is 1. The number of carbonyl (C=O) groups is 1. The number of carbonyl (C=O) groups excluding carboxylic acids is 1. The molecule has 3 nitrogen and oxygen atoms in total. The summed E-state index contributed by atoms with van der Waals surface area (Å²) in [4.78, 5) is 12.2. The van der Waals surface area contributed by atoms with E-state index in [0.717, 1.165) is 21.3 Å². The molecular weight excluding hydrogens is 440 g/mol. The molecule has 0 aromatic heterocycles. The fourth-order valence-corrected chi connectivity index (χ4v) is 3.48. The van der Waals surface area contributed by atoms with Gasteiger partial charge in [0.15, 0.2) is 0 Å². The van der Waals surface area contributed by atoms with Crippen LogP contribution < -0.4 is 9.47 Å². The molecule has 0 saturated carbocycles. The summed E-state index contributed by atoms with van der Waals surface area (Å²) in [6.07, 6.45) is 0.895. The van der Waals surface area contributed by atoms with Gasteiger partial charge >= 0.3 is 5.97 Å². The van der Waals surface area contributed by atoms with Crippen molar-refractivity contribution in [2.45, 2.75) is 39.0 Å². The lowest BCUT2D eigenvalue weighted by Gasteiger charge is -2.19. The van der Waals surface area contributed by atoms with Crippen molar-refractivity contribution in [1.29, 1.82) is 0 Å². The normalized spacial score (nSPS) is 11.2. The maximum Gasteiger partial charge on any atom is 0.311 e. The molecule has 3 aromatic carbocycles. The van der Waals surface area contributed by atoms with Crippen LogP contribution in [0.2, 0.25) is 0 Å². The van der Waals surface area contributed by atoms with Crippen molar-refractivity contribution in [3.63, 3.8) is 0 Å². The number of hydrogen-bond donors (Lipinski definition) is 0. The van der Waals surface area contributed by atoms with E-state index < -0.39 is 0 Å². The Morgan fingerprint density at radius 1 is 0.900 bits per heavy atom. The zero-order chi connectivity index (χ0) is 21.6. The molecule has 156 valence electrons. The van der Waals surface area contributed by atoms with Crippen LogP contribution in [0, 0.1) is 0 Å². The van der Waals surface area contributed by atoms with Crippen molar-refractivity contribution in [3.8, 4) is 22.6 Å². The number of halogens is 1. The maximum atomic E-state index is 12.2. The first-order chi connectivity index (χ1) is 14.3.